The second-order valence-electron chi connectivity index (χ2n) is 3.36. The molecule has 1 aromatic heterocycles. The van der Waals surface area contributed by atoms with Crippen LogP contribution >= 0.6 is 11.3 Å². The van der Waals surface area contributed by atoms with Gasteiger partial charge in [0.1, 0.15) is 10.8 Å². The molecule has 1 radical (unpaired) electrons. The van der Waals surface area contributed by atoms with Gasteiger partial charge < -0.3 is 10.2 Å². The molecule has 2 aromatic rings. The maximum atomic E-state index is 10.7. The van der Waals surface area contributed by atoms with Crippen molar-refractivity contribution in [2.75, 3.05) is 0 Å². The van der Waals surface area contributed by atoms with Gasteiger partial charge >= 0.3 is 5.97 Å². The summed E-state index contributed by atoms with van der Waals surface area (Å²) in [6.07, 6.45) is 0. The van der Waals surface area contributed by atoms with Gasteiger partial charge in [-0.15, -0.1) is 11.3 Å². The van der Waals surface area contributed by atoms with Crippen molar-refractivity contribution >= 4 is 46.9 Å². The third kappa shape index (κ3) is 3.07. The zero-order chi connectivity index (χ0) is 11.7. The molecule has 2 rings (SSSR count). The first-order chi connectivity index (χ1) is 7.58. The Bertz CT molecular complexity index is 553. The maximum Gasteiger partial charge on any atom is 0.355 e. The minimum absolute atomic E-state index is 0. The number of nitrogens with zero attached hydrogens (tertiary/aromatic N) is 1. The molecule has 0 saturated carbocycles. The molecule has 0 spiro atoms. The number of aromatic nitrogens is 1. The summed E-state index contributed by atoms with van der Waals surface area (Å²) in [4.78, 5) is 14.6. The second-order valence-corrected chi connectivity index (χ2v) is 4.22. The Labute approximate surface area is 124 Å². The Morgan fingerprint density at radius 2 is 2.12 bits per heavy atom. The number of aromatic carboxylic acids is 1. The standard InChI is InChI=1S/C11H9NO3S.Na/c1-6-2-3-9(13)7(4-6)10-12-8(5-16-10)11(14)15;/h2-5,13H,1H3,(H,14,15);. The van der Waals surface area contributed by atoms with Gasteiger partial charge in [0.25, 0.3) is 0 Å². The number of phenols is 1. The van der Waals surface area contributed by atoms with E-state index in [1.165, 1.54) is 16.7 Å². The zero-order valence-corrected chi connectivity index (χ0v) is 12.3. The van der Waals surface area contributed by atoms with Crippen LogP contribution in [0.5, 0.6) is 5.75 Å². The number of aryl methyl sites for hydroxylation is 1. The first kappa shape index (κ1) is 14.2. The largest absolute Gasteiger partial charge is 0.507 e. The van der Waals surface area contributed by atoms with Crippen LogP contribution in [0.4, 0.5) is 0 Å². The summed E-state index contributed by atoms with van der Waals surface area (Å²) < 4.78 is 0. The number of carboxylic acids is 1. The minimum atomic E-state index is -1.06. The average Bonchev–Trinajstić information content (AvgIpc) is 2.70. The van der Waals surface area contributed by atoms with Crippen LogP contribution in [0.25, 0.3) is 10.6 Å². The van der Waals surface area contributed by atoms with E-state index in [1.807, 2.05) is 6.92 Å². The summed E-state index contributed by atoms with van der Waals surface area (Å²) >= 11 is 1.20. The zero-order valence-electron chi connectivity index (χ0n) is 9.47. The summed E-state index contributed by atoms with van der Waals surface area (Å²) in [5.74, 6) is -0.952. The van der Waals surface area contributed by atoms with Gasteiger partial charge in [0.2, 0.25) is 0 Å². The van der Waals surface area contributed by atoms with Gasteiger partial charge in [-0.3, -0.25) is 0 Å². The number of thiazole rings is 1. The molecular formula is C11H9NNaO3S. The molecule has 6 heteroatoms. The van der Waals surface area contributed by atoms with Crippen molar-refractivity contribution < 1.29 is 15.0 Å². The van der Waals surface area contributed by atoms with E-state index in [9.17, 15) is 9.90 Å². The quantitative estimate of drug-likeness (QED) is 0.810. The van der Waals surface area contributed by atoms with Crippen molar-refractivity contribution in [2.45, 2.75) is 6.92 Å². The van der Waals surface area contributed by atoms with Gasteiger partial charge in [-0.05, 0) is 19.1 Å². The van der Waals surface area contributed by atoms with E-state index in [4.69, 9.17) is 5.11 Å². The van der Waals surface area contributed by atoms with Crippen LogP contribution in [0.1, 0.15) is 16.1 Å². The van der Waals surface area contributed by atoms with Gasteiger partial charge in [0.15, 0.2) is 5.69 Å². The van der Waals surface area contributed by atoms with Crippen LogP contribution in [0, 0.1) is 6.92 Å². The average molecular weight is 258 g/mol. The van der Waals surface area contributed by atoms with E-state index in [0.29, 0.717) is 10.6 Å². The monoisotopic (exact) mass is 258 g/mol. The Morgan fingerprint density at radius 1 is 1.41 bits per heavy atom. The fourth-order valence-corrected chi connectivity index (χ4v) is 2.14. The molecule has 83 valence electrons. The van der Waals surface area contributed by atoms with E-state index >= 15 is 0 Å². The SMILES string of the molecule is Cc1ccc(O)c(-c2nc(C(=O)O)cs2)c1.[Na]. The smallest absolute Gasteiger partial charge is 0.355 e. The molecule has 0 bridgehead atoms. The number of hydrogen-bond acceptors (Lipinski definition) is 4. The van der Waals surface area contributed by atoms with Gasteiger partial charge in [0, 0.05) is 34.9 Å². The van der Waals surface area contributed by atoms with Gasteiger partial charge in [0.05, 0.1) is 5.56 Å². The normalized spacial score (nSPS) is 9.71. The number of carbonyl (C=O) groups is 1. The molecule has 1 aromatic carbocycles. The Kier molecular flexibility index (Phi) is 4.70. The molecular weight excluding hydrogens is 249 g/mol. The second kappa shape index (κ2) is 5.64. The van der Waals surface area contributed by atoms with E-state index < -0.39 is 5.97 Å². The van der Waals surface area contributed by atoms with E-state index in [0.717, 1.165) is 5.56 Å². The third-order valence-corrected chi connectivity index (χ3v) is 2.98. The van der Waals surface area contributed by atoms with E-state index in [1.54, 1.807) is 18.2 Å². The molecule has 4 nitrogen and oxygen atoms in total. The van der Waals surface area contributed by atoms with Crippen molar-refractivity contribution in [3.63, 3.8) is 0 Å². The summed E-state index contributed by atoms with van der Waals surface area (Å²) in [5.41, 5.74) is 1.55. The Hall–Kier alpha value is -0.880. The fourth-order valence-electron chi connectivity index (χ4n) is 1.32. The Balaban J connectivity index is 0.00000144. The molecule has 2 N–H and O–H groups in total. The molecule has 0 atom stereocenters. The van der Waals surface area contributed by atoms with Crippen LogP contribution in [0.3, 0.4) is 0 Å². The number of carboxylic acid groups (broad SMARTS) is 1. The van der Waals surface area contributed by atoms with Crippen LogP contribution in [0.2, 0.25) is 0 Å². The van der Waals surface area contributed by atoms with Crippen LogP contribution < -0.4 is 0 Å². The van der Waals surface area contributed by atoms with Crippen molar-refractivity contribution in [1.29, 1.82) is 0 Å². The maximum absolute atomic E-state index is 10.7. The summed E-state index contributed by atoms with van der Waals surface area (Å²) in [6.45, 7) is 1.90. The van der Waals surface area contributed by atoms with Crippen molar-refractivity contribution in [3.05, 3.63) is 34.8 Å². The number of benzene rings is 1. The van der Waals surface area contributed by atoms with Crippen LogP contribution in [-0.4, -0.2) is 50.7 Å². The molecule has 0 aliphatic rings. The van der Waals surface area contributed by atoms with Crippen molar-refractivity contribution in [2.24, 2.45) is 0 Å². The van der Waals surface area contributed by atoms with Gasteiger partial charge in [-0.2, -0.15) is 0 Å². The van der Waals surface area contributed by atoms with Gasteiger partial charge in [-0.1, -0.05) is 11.6 Å². The molecule has 0 aliphatic heterocycles. The topological polar surface area (TPSA) is 70.4 Å². The third-order valence-electron chi connectivity index (χ3n) is 2.11. The predicted octanol–water partition coefficient (Wildman–Crippen LogP) is 2.14. The van der Waals surface area contributed by atoms with Crippen molar-refractivity contribution in [1.82, 2.24) is 4.98 Å². The predicted molar refractivity (Wildman–Crippen MR) is 66.7 cm³/mol. The van der Waals surface area contributed by atoms with E-state index in [2.05, 4.69) is 4.98 Å². The molecule has 0 amide bonds. The van der Waals surface area contributed by atoms with Crippen LogP contribution in [0.15, 0.2) is 23.6 Å². The molecule has 0 saturated heterocycles. The molecule has 17 heavy (non-hydrogen) atoms. The summed E-state index contributed by atoms with van der Waals surface area (Å²) in [5, 5.41) is 20.4. The molecule has 1 heterocycles. The molecule has 0 aliphatic carbocycles. The molecule has 0 fully saturated rings. The minimum Gasteiger partial charge on any atom is -0.507 e. The first-order valence-corrected chi connectivity index (χ1v) is 5.44. The van der Waals surface area contributed by atoms with Gasteiger partial charge in [-0.25, -0.2) is 9.78 Å². The van der Waals surface area contributed by atoms with Crippen LogP contribution in [-0.2, 0) is 0 Å². The number of rotatable bonds is 2. The molecule has 0 unspecified atom stereocenters. The van der Waals surface area contributed by atoms with Crippen molar-refractivity contribution in [3.8, 4) is 16.3 Å². The summed E-state index contributed by atoms with van der Waals surface area (Å²) in [7, 11) is 0. The summed E-state index contributed by atoms with van der Waals surface area (Å²) in [6, 6.07) is 5.14. The number of aromatic hydroxyl groups is 1. The first-order valence-electron chi connectivity index (χ1n) is 4.57. The fraction of sp³-hybridized carbons (Fsp3) is 0.0909. The number of hydrogen-bond donors (Lipinski definition) is 2. The number of phenolic OH excluding ortho intramolecular Hbond substituents is 1. The van der Waals surface area contributed by atoms with E-state index in [-0.39, 0.29) is 41.0 Å². The Morgan fingerprint density at radius 3 is 2.71 bits per heavy atom.